The second-order valence-corrected chi connectivity index (χ2v) is 8.31. The summed E-state index contributed by atoms with van der Waals surface area (Å²) >= 11 is 0. The number of aliphatic hydroxyl groups excluding tert-OH is 1. The van der Waals surface area contributed by atoms with Gasteiger partial charge in [-0.05, 0) is 54.8 Å². The van der Waals surface area contributed by atoms with Crippen molar-refractivity contribution in [3.8, 4) is 11.4 Å². The van der Waals surface area contributed by atoms with Crippen LogP contribution in [-0.2, 0) is 17.9 Å². The van der Waals surface area contributed by atoms with Crippen molar-refractivity contribution < 1.29 is 27.8 Å². The van der Waals surface area contributed by atoms with E-state index in [1.54, 1.807) is 24.9 Å². The molecule has 2 aromatic heterocycles. The largest absolute Gasteiger partial charge is 0.573 e. The first-order chi connectivity index (χ1) is 17.9. The molecule has 2 heterocycles. The summed E-state index contributed by atoms with van der Waals surface area (Å²) in [6.45, 7) is 2.41. The van der Waals surface area contributed by atoms with Gasteiger partial charge in [0.25, 0.3) is 0 Å². The molecular weight excluding hydrogens is 491 g/mol. The maximum absolute atomic E-state index is 12.5. The number of ether oxygens (including phenoxy) is 2. The van der Waals surface area contributed by atoms with E-state index in [0.717, 1.165) is 35.1 Å². The summed E-state index contributed by atoms with van der Waals surface area (Å²) in [7, 11) is 0. The van der Waals surface area contributed by atoms with Gasteiger partial charge in [-0.1, -0.05) is 6.07 Å². The number of rotatable bonds is 14. The zero-order valence-electron chi connectivity index (χ0n) is 20.0. The van der Waals surface area contributed by atoms with Gasteiger partial charge in [0.2, 0.25) is 0 Å². The van der Waals surface area contributed by atoms with Crippen molar-refractivity contribution in [3.05, 3.63) is 60.3 Å². The van der Waals surface area contributed by atoms with E-state index in [0.29, 0.717) is 44.0 Å². The van der Waals surface area contributed by atoms with Crippen molar-refractivity contribution in [2.24, 2.45) is 0 Å². The van der Waals surface area contributed by atoms with E-state index in [4.69, 9.17) is 4.74 Å². The number of unbranched alkanes of at least 4 members (excludes halogenated alkanes) is 1. The van der Waals surface area contributed by atoms with Crippen LogP contribution in [0.3, 0.4) is 0 Å². The van der Waals surface area contributed by atoms with Gasteiger partial charge in [0, 0.05) is 30.8 Å². The SMILES string of the molecule is OCc1cc(CNCCCCOCCNc2cc(-n3cnnc3)cc3[nH]ncc23)cc(OC(F)(F)F)c1. The molecule has 0 fully saturated rings. The molecule has 0 unspecified atom stereocenters. The highest BCUT2D eigenvalue weighted by atomic mass is 19.4. The molecule has 0 aliphatic rings. The monoisotopic (exact) mass is 519 g/mol. The third kappa shape index (κ3) is 7.90. The Bertz CT molecular complexity index is 1260. The van der Waals surface area contributed by atoms with E-state index >= 15 is 0 Å². The molecule has 0 bridgehead atoms. The molecule has 0 aliphatic carbocycles. The molecule has 0 saturated heterocycles. The van der Waals surface area contributed by atoms with Gasteiger partial charge in [-0.2, -0.15) is 5.10 Å². The number of alkyl halides is 3. The van der Waals surface area contributed by atoms with Crippen molar-refractivity contribution in [2.45, 2.75) is 32.4 Å². The van der Waals surface area contributed by atoms with Gasteiger partial charge in [-0.3, -0.25) is 9.67 Å². The van der Waals surface area contributed by atoms with Crippen LogP contribution in [-0.4, -0.2) is 62.7 Å². The standard InChI is InChI=1S/C24H28F3N7O3/c25-24(26,27)37-20-8-17(7-18(9-20)14-35)12-28-3-1-2-5-36-6-4-29-22-10-19(34-15-31-32-16-34)11-23-21(22)13-30-33-23/h7-11,13,15-16,28-29,35H,1-6,12,14H2,(H,30,33). The Morgan fingerprint density at radius 1 is 0.973 bits per heavy atom. The zero-order chi connectivity index (χ0) is 26.1. The minimum absolute atomic E-state index is 0.336. The number of aliphatic hydroxyl groups is 1. The fourth-order valence-electron chi connectivity index (χ4n) is 3.83. The lowest BCUT2D eigenvalue weighted by atomic mass is 10.1. The molecule has 10 nitrogen and oxygen atoms in total. The summed E-state index contributed by atoms with van der Waals surface area (Å²) in [6, 6.07) is 8.11. The molecule has 0 saturated carbocycles. The maximum Gasteiger partial charge on any atom is 0.573 e. The number of fused-ring (bicyclic) bond motifs is 1. The predicted octanol–water partition coefficient (Wildman–Crippen LogP) is 3.53. The third-order valence-corrected chi connectivity index (χ3v) is 5.49. The number of halogens is 3. The molecule has 37 heavy (non-hydrogen) atoms. The summed E-state index contributed by atoms with van der Waals surface area (Å²) in [5.74, 6) is -0.336. The first kappa shape index (κ1) is 26.4. The number of hydrogen-bond donors (Lipinski definition) is 4. The van der Waals surface area contributed by atoms with Crippen molar-refractivity contribution in [3.63, 3.8) is 0 Å². The van der Waals surface area contributed by atoms with Crippen molar-refractivity contribution in [2.75, 3.05) is 31.6 Å². The quantitative estimate of drug-likeness (QED) is 0.187. The number of aromatic nitrogens is 5. The van der Waals surface area contributed by atoms with E-state index in [9.17, 15) is 18.3 Å². The van der Waals surface area contributed by atoms with E-state index in [1.165, 1.54) is 12.1 Å². The minimum atomic E-state index is -4.78. The Kier molecular flexibility index (Phi) is 8.93. The molecule has 2 aromatic carbocycles. The maximum atomic E-state index is 12.5. The molecule has 0 atom stereocenters. The van der Waals surface area contributed by atoms with Crippen LogP contribution in [0.15, 0.2) is 49.2 Å². The Morgan fingerprint density at radius 2 is 1.78 bits per heavy atom. The second-order valence-electron chi connectivity index (χ2n) is 8.31. The Balaban J connectivity index is 1.13. The van der Waals surface area contributed by atoms with Crippen LogP contribution in [0.4, 0.5) is 18.9 Å². The van der Waals surface area contributed by atoms with Crippen LogP contribution in [0.5, 0.6) is 5.75 Å². The highest BCUT2D eigenvalue weighted by Gasteiger charge is 2.31. The number of benzene rings is 2. The fourth-order valence-corrected chi connectivity index (χ4v) is 3.83. The van der Waals surface area contributed by atoms with Crippen LogP contribution in [0, 0.1) is 0 Å². The van der Waals surface area contributed by atoms with E-state index in [2.05, 4.69) is 35.8 Å². The predicted molar refractivity (Wildman–Crippen MR) is 130 cm³/mol. The normalized spacial score (nSPS) is 11.8. The number of nitrogens with zero attached hydrogens (tertiary/aromatic N) is 4. The van der Waals surface area contributed by atoms with Crippen molar-refractivity contribution in [1.82, 2.24) is 30.3 Å². The summed E-state index contributed by atoms with van der Waals surface area (Å²) in [4.78, 5) is 0. The molecular formula is C24H28F3N7O3. The lowest BCUT2D eigenvalue weighted by molar-refractivity contribution is -0.274. The lowest BCUT2D eigenvalue weighted by Gasteiger charge is -2.13. The van der Waals surface area contributed by atoms with Gasteiger partial charge in [0.05, 0.1) is 30.6 Å². The Morgan fingerprint density at radius 3 is 2.57 bits per heavy atom. The van der Waals surface area contributed by atoms with Crippen molar-refractivity contribution in [1.29, 1.82) is 0 Å². The summed E-state index contributed by atoms with van der Waals surface area (Å²) in [6.07, 6.45) is 1.93. The second kappa shape index (κ2) is 12.5. The molecule has 198 valence electrons. The molecule has 0 aliphatic heterocycles. The van der Waals surface area contributed by atoms with Crippen LogP contribution < -0.4 is 15.4 Å². The average Bonchev–Trinajstić information content (AvgIpc) is 3.56. The summed E-state index contributed by atoms with van der Waals surface area (Å²) < 4.78 is 49.0. The van der Waals surface area contributed by atoms with E-state index in [1.807, 2.05) is 16.7 Å². The Labute approximate surface area is 210 Å². The highest BCUT2D eigenvalue weighted by Crippen LogP contribution is 2.26. The summed E-state index contributed by atoms with van der Waals surface area (Å²) in [5, 5.41) is 31.6. The smallest absolute Gasteiger partial charge is 0.406 e. The van der Waals surface area contributed by atoms with Gasteiger partial charge in [0.15, 0.2) is 0 Å². The fraction of sp³-hybridized carbons (Fsp3) is 0.375. The van der Waals surface area contributed by atoms with Crippen LogP contribution in [0.25, 0.3) is 16.6 Å². The zero-order valence-corrected chi connectivity index (χ0v) is 20.0. The lowest BCUT2D eigenvalue weighted by Crippen LogP contribution is -2.18. The molecule has 0 amide bonds. The minimum Gasteiger partial charge on any atom is -0.406 e. The molecule has 4 rings (SSSR count). The van der Waals surface area contributed by atoms with Crippen LogP contribution in [0.2, 0.25) is 0 Å². The topological polar surface area (TPSA) is 122 Å². The van der Waals surface area contributed by atoms with E-state index in [-0.39, 0.29) is 12.4 Å². The van der Waals surface area contributed by atoms with Crippen LogP contribution >= 0.6 is 0 Å². The summed E-state index contributed by atoms with van der Waals surface area (Å²) in [5.41, 5.74) is 3.70. The molecule has 13 heteroatoms. The van der Waals surface area contributed by atoms with Gasteiger partial charge < -0.3 is 25.2 Å². The molecule has 0 spiro atoms. The molecule has 4 aromatic rings. The first-order valence-electron chi connectivity index (χ1n) is 11.8. The van der Waals surface area contributed by atoms with Crippen molar-refractivity contribution >= 4 is 16.6 Å². The number of H-pyrrole nitrogens is 1. The molecule has 4 N–H and O–H groups in total. The number of anilines is 1. The molecule has 0 radical (unpaired) electrons. The van der Waals surface area contributed by atoms with Gasteiger partial charge in [0.1, 0.15) is 18.4 Å². The number of aromatic amines is 1. The first-order valence-corrected chi connectivity index (χ1v) is 11.8. The van der Waals surface area contributed by atoms with Gasteiger partial charge in [-0.15, -0.1) is 23.4 Å². The third-order valence-electron chi connectivity index (χ3n) is 5.49. The Hall–Kier alpha value is -3.68. The van der Waals surface area contributed by atoms with Crippen LogP contribution in [0.1, 0.15) is 24.0 Å². The average molecular weight is 520 g/mol. The van der Waals surface area contributed by atoms with Gasteiger partial charge in [-0.25, -0.2) is 0 Å². The van der Waals surface area contributed by atoms with Gasteiger partial charge >= 0.3 is 6.36 Å². The highest BCUT2D eigenvalue weighted by molar-refractivity contribution is 5.93. The number of nitrogens with one attached hydrogen (secondary N) is 3. The van der Waals surface area contributed by atoms with E-state index < -0.39 is 6.36 Å². The number of hydrogen-bond acceptors (Lipinski definition) is 8.